The van der Waals surface area contributed by atoms with E-state index in [2.05, 4.69) is 33.5 Å². The molecule has 1 heterocycles. The molecule has 5 N–H and O–H groups in total. The molecule has 6 amide bonds. The molecule has 1 aliphatic carbocycles. The Hall–Kier alpha value is -7.27. The first-order chi connectivity index (χ1) is 34.9. The molecule has 4 bridgehead atoms. The first-order valence-electron chi connectivity index (χ1n) is 24.9. The summed E-state index contributed by atoms with van der Waals surface area (Å²) in [5.74, 6) is -3.04. The van der Waals surface area contributed by atoms with Crippen molar-refractivity contribution < 1.29 is 52.6 Å². The molecule has 0 radical (unpaired) electrons. The van der Waals surface area contributed by atoms with Crippen molar-refractivity contribution in [2.45, 2.75) is 123 Å². The summed E-state index contributed by atoms with van der Waals surface area (Å²) in [6.45, 7) is 13.9. The predicted octanol–water partition coefficient (Wildman–Crippen LogP) is 8.36. The van der Waals surface area contributed by atoms with E-state index in [-0.39, 0.29) is 42.9 Å². The molecule has 1 aliphatic heterocycles. The van der Waals surface area contributed by atoms with Gasteiger partial charge < -0.3 is 45.7 Å². The van der Waals surface area contributed by atoms with Gasteiger partial charge in [0.2, 0.25) is 23.6 Å². The van der Waals surface area contributed by atoms with Gasteiger partial charge in [-0.1, -0.05) is 74.3 Å². The number of hydrogen-bond donors (Lipinski definition) is 5. The predicted molar refractivity (Wildman–Crippen MR) is 282 cm³/mol. The normalized spacial score (nSPS) is 15.5. The van der Waals surface area contributed by atoms with Crippen LogP contribution in [-0.4, -0.2) is 103 Å². The van der Waals surface area contributed by atoms with E-state index in [4.69, 9.17) is 25.8 Å². The van der Waals surface area contributed by atoms with Crippen molar-refractivity contribution in [1.82, 2.24) is 31.5 Å². The molecule has 0 aromatic heterocycles. The lowest BCUT2D eigenvalue weighted by atomic mass is 9.89. The number of halogens is 1. The minimum absolute atomic E-state index is 0.0118. The molecular formula is C56H69ClN6O11. The second-order valence-electron chi connectivity index (χ2n) is 20.1. The highest BCUT2D eigenvalue weighted by Crippen LogP contribution is 2.47. The summed E-state index contributed by atoms with van der Waals surface area (Å²) in [6, 6.07) is 22.0. The molecule has 0 spiro atoms. The molecule has 6 rings (SSSR count). The number of likely N-dealkylation sites (N-methyl/N-ethyl adjacent to an activating group) is 1. The minimum Gasteiger partial charge on any atom is -0.444 e. The van der Waals surface area contributed by atoms with Gasteiger partial charge in [-0.15, -0.1) is 0 Å². The standard InChI is InChI=1S/C47H50ClN5O9.C9H19NO2/c1-6-34(54)24-49-44(58)38-22-27-7-20-39(61-46(60)62-47(2,3)4)37(21-27)36-23-32(16-19-35(36)30-10-11-30)42(45(59)50-25-40(55)52-38)53(5)41(56)26-51-43(57)31-12-8-28(9-13-31)29-14-17-33(48)18-15-29;1-5-6-7-10-8(11)12-9(2,3)4/h7-9,12-21,23,30,38,42H,6,10-11,22,24-26H2,1-5H3,(H,49,58)(H,50,59)(H,51,57)(H,52,55);5-7H2,1-4H3,(H,10,11). The van der Waals surface area contributed by atoms with Crippen LogP contribution in [0.1, 0.15) is 127 Å². The van der Waals surface area contributed by atoms with E-state index in [0.29, 0.717) is 39.4 Å². The number of carbonyl (C=O) groups is 8. The summed E-state index contributed by atoms with van der Waals surface area (Å²) in [7, 11) is 1.42. The van der Waals surface area contributed by atoms with E-state index in [9.17, 15) is 38.4 Å². The summed E-state index contributed by atoms with van der Waals surface area (Å²) in [5.41, 5.74) is 3.79. The van der Waals surface area contributed by atoms with Crippen molar-refractivity contribution in [3.63, 3.8) is 0 Å². The molecule has 1 saturated carbocycles. The zero-order valence-corrected chi connectivity index (χ0v) is 44.5. The maximum Gasteiger partial charge on any atom is 0.514 e. The number of Topliss-reactive ketones (excluding diaryl/α,β-unsaturated/α-hetero) is 1. The van der Waals surface area contributed by atoms with Crippen LogP contribution in [0.2, 0.25) is 5.02 Å². The largest absolute Gasteiger partial charge is 0.514 e. The van der Waals surface area contributed by atoms with Crippen molar-refractivity contribution in [2.75, 3.05) is 33.2 Å². The number of carbonyl (C=O) groups excluding carboxylic acids is 8. The van der Waals surface area contributed by atoms with Crippen molar-refractivity contribution in [3.8, 4) is 28.0 Å². The summed E-state index contributed by atoms with van der Waals surface area (Å²) < 4.78 is 16.3. The van der Waals surface area contributed by atoms with Crippen LogP contribution in [0.4, 0.5) is 9.59 Å². The summed E-state index contributed by atoms with van der Waals surface area (Å²) >= 11 is 6.02. The van der Waals surface area contributed by atoms with E-state index in [0.717, 1.165) is 42.4 Å². The maximum absolute atomic E-state index is 14.2. The molecule has 74 heavy (non-hydrogen) atoms. The molecule has 0 saturated heterocycles. The molecule has 17 nitrogen and oxygen atoms in total. The second-order valence-corrected chi connectivity index (χ2v) is 20.6. The third-order valence-electron chi connectivity index (χ3n) is 11.6. The fourth-order valence-electron chi connectivity index (χ4n) is 7.70. The van der Waals surface area contributed by atoms with Crippen molar-refractivity contribution in [1.29, 1.82) is 0 Å². The lowest BCUT2D eigenvalue weighted by Gasteiger charge is -2.29. The van der Waals surface area contributed by atoms with Crippen LogP contribution < -0.4 is 31.3 Å². The lowest BCUT2D eigenvalue weighted by Crippen LogP contribution is -2.52. The van der Waals surface area contributed by atoms with Gasteiger partial charge in [0.05, 0.1) is 19.6 Å². The molecule has 4 aromatic carbocycles. The van der Waals surface area contributed by atoms with Gasteiger partial charge in [0.25, 0.3) is 5.91 Å². The number of ether oxygens (including phenoxy) is 3. The van der Waals surface area contributed by atoms with Crippen molar-refractivity contribution in [3.05, 3.63) is 112 Å². The van der Waals surface area contributed by atoms with Gasteiger partial charge in [-0.2, -0.15) is 0 Å². The molecule has 18 heteroatoms. The number of rotatable bonds is 14. The number of nitrogens with zero attached hydrogens (tertiary/aromatic N) is 1. The molecule has 2 unspecified atom stereocenters. The Morgan fingerprint density at radius 1 is 0.757 bits per heavy atom. The number of nitrogens with one attached hydrogen (secondary N) is 5. The van der Waals surface area contributed by atoms with Gasteiger partial charge in [-0.3, -0.25) is 28.8 Å². The highest BCUT2D eigenvalue weighted by atomic mass is 35.5. The molecule has 4 aromatic rings. The van der Waals surface area contributed by atoms with Crippen LogP contribution in [0.25, 0.3) is 22.3 Å². The number of amides is 6. The van der Waals surface area contributed by atoms with Gasteiger partial charge in [-0.25, -0.2) is 9.59 Å². The van der Waals surface area contributed by atoms with Crippen LogP contribution in [0.5, 0.6) is 5.75 Å². The fourth-order valence-corrected chi connectivity index (χ4v) is 7.82. The Bertz CT molecular complexity index is 2670. The molecule has 396 valence electrons. The van der Waals surface area contributed by atoms with Crippen LogP contribution in [-0.2, 0) is 39.9 Å². The number of unbranched alkanes of at least 4 members (excludes halogenated alkanes) is 1. The summed E-state index contributed by atoms with van der Waals surface area (Å²) in [4.78, 5) is 106. The van der Waals surface area contributed by atoms with E-state index >= 15 is 0 Å². The zero-order valence-electron chi connectivity index (χ0n) is 43.7. The third kappa shape index (κ3) is 17.7. The summed E-state index contributed by atoms with van der Waals surface area (Å²) in [5, 5.41) is 13.8. The van der Waals surface area contributed by atoms with Crippen molar-refractivity contribution in [2.24, 2.45) is 0 Å². The Kier molecular flexibility index (Phi) is 20.3. The second kappa shape index (κ2) is 26.1. The van der Waals surface area contributed by atoms with Crippen molar-refractivity contribution >= 4 is 59.2 Å². The average Bonchev–Trinajstić information content (AvgIpc) is 4.19. The highest BCUT2D eigenvalue weighted by Gasteiger charge is 2.34. The van der Waals surface area contributed by atoms with E-state index in [1.54, 1.807) is 94.4 Å². The van der Waals surface area contributed by atoms with Gasteiger partial charge in [0.1, 0.15) is 29.0 Å². The Morgan fingerprint density at radius 3 is 2.01 bits per heavy atom. The Morgan fingerprint density at radius 2 is 1.41 bits per heavy atom. The van der Waals surface area contributed by atoms with Gasteiger partial charge in [0.15, 0.2) is 5.78 Å². The van der Waals surface area contributed by atoms with E-state index in [1.807, 2.05) is 39.0 Å². The average molecular weight is 1040 g/mol. The molecule has 2 aliphatic rings. The topological polar surface area (TPSA) is 228 Å². The number of fused-ring (bicyclic) bond motifs is 5. The fraction of sp³-hybridized carbons (Fsp3) is 0.429. The van der Waals surface area contributed by atoms with Crippen LogP contribution in [0.3, 0.4) is 0 Å². The number of benzene rings is 4. The Labute approximate surface area is 438 Å². The monoisotopic (exact) mass is 1040 g/mol. The van der Waals surface area contributed by atoms with Gasteiger partial charge in [-0.05, 0) is 143 Å². The number of alkyl carbamates (subject to hydrolysis) is 1. The zero-order chi connectivity index (χ0) is 54.3. The lowest BCUT2D eigenvalue weighted by molar-refractivity contribution is -0.139. The number of ketones is 1. The molecular weight excluding hydrogens is 968 g/mol. The van der Waals surface area contributed by atoms with Gasteiger partial charge in [0, 0.05) is 42.6 Å². The minimum atomic E-state index is -1.31. The maximum atomic E-state index is 14.2. The highest BCUT2D eigenvalue weighted by molar-refractivity contribution is 6.30. The number of hydrogen-bond acceptors (Lipinski definition) is 11. The smallest absolute Gasteiger partial charge is 0.444 e. The van der Waals surface area contributed by atoms with E-state index < -0.39 is 72.1 Å². The first-order valence-corrected chi connectivity index (χ1v) is 25.2. The first kappa shape index (κ1) is 57.6. The van der Waals surface area contributed by atoms with Crippen LogP contribution in [0, 0.1) is 0 Å². The molecule has 1 fully saturated rings. The molecule has 2 atom stereocenters. The quantitative estimate of drug-likeness (QED) is 0.0458. The summed E-state index contributed by atoms with van der Waals surface area (Å²) in [6.07, 6.45) is 2.79. The van der Waals surface area contributed by atoms with E-state index in [1.165, 1.54) is 11.9 Å². The van der Waals surface area contributed by atoms with Crippen LogP contribution >= 0.6 is 11.6 Å². The third-order valence-corrected chi connectivity index (χ3v) is 11.9. The SMILES string of the molecule is CCC(=O)CNC(=O)C1Cc2ccc(OC(=O)OC(C)(C)C)c(c2)-c2cc(ccc2C2CC2)C(N(C)C(=O)CNC(=O)c2ccc(-c3ccc(Cl)cc3)cc2)C(=O)NCC(=O)N1.CCCCNC(=O)OC(C)(C)C. The van der Waals surface area contributed by atoms with Crippen LogP contribution in [0.15, 0.2) is 84.9 Å². The Balaban J connectivity index is 0.000000749. The van der Waals surface area contributed by atoms with Gasteiger partial charge >= 0.3 is 12.2 Å².